The summed E-state index contributed by atoms with van der Waals surface area (Å²) in [5, 5.41) is 16.3. The van der Waals surface area contributed by atoms with Crippen LogP contribution in [0.4, 0.5) is 4.79 Å². The number of nitrogens with zero attached hydrogens (tertiary/aromatic N) is 1. The minimum Gasteiger partial charge on any atom is -0.393 e. The highest BCUT2D eigenvalue weighted by Gasteiger charge is 2.22. The van der Waals surface area contributed by atoms with Crippen molar-refractivity contribution >= 4 is 17.4 Å². The van der Waals surface area contributed by atoms with Crippen LogP contribution in [0.1, 0.15) is 41.8 Å². The topological polar surface area (TPSA) is 74.2 Å². The lowest BCUT2D eigenvalue weighted by Crippen LogP contribution is -2.38. The first-order valence-corrected chi connectivity index (χ1v) is 8.55. The molecule has 0 radical (unpaired) electrons. The highest BCUT2D eigenvalue weighted by atomic mass is 32.1. The number of aliphatic hydroxyl groups excluding tert-OH is 1. The highest BCUT2D eigenvalue weighted by molar-refractivity contribution is 7.11. The molecule has 1 aromatic heterocycles. The minimum absolute atomic E-state index is 0.125. The molecule has 2 amide bonds. The Morgan fingerprint density at radius 3 is 2.86 bits per heavy atom. The molecule has 1 fully saturated rings. The second-order valence-electron chi connectivity index (χ2n) is 5.68. The zero-order valence-corrected chi connectivity index (χ0v) is 13.6. The van der Waals surface area contributed by atoms with Gasteiger partial charge in [-0.25, -0.2) is 9.78 Å². The fourth-order valence-electron chi connectivity index (χ4n) is 2.74. The van der Waals surface area contributed by atoms with Crippen LogP contribution in [-0.2, 0) is 12.8 Å². The first-order chi connectivity index (χ1) is 10.1. The van der Waals surface area contributed by atoms with Crippen LogP contribution in [-0.4, -0.2) is 35.3 Å². The SMILES string of the molecule is CCc1nc(CCNC(=O)NC[C@H]2CC[C@H](O)C2)sc1C. The molecule has 0 spiro atoms. The molecule has 0 aliphatic heterocycles. The van der Waals surface area contributed by atoms with Crippen molar-refractivity contribution < 1.29 is 9.90 Å². The van der Waals surface area contributed by atoms with Gasteiger partial charge in [0.2, 0.25) is 0 Å². The smallest absolute Gasteiger partial charge is 0.314 e. The molecule has 1 aliphatic carbocycles. The molecular formula is C15H25N3O2S. The molecule has 21 heavy (non-hydrogen) atoms. The number of hydrogen-bond donors (Lipinski definition) is 3. The van der Waals surface area contributed by atoms with E-state index in [2.05, 4.69) is 29.5 Å². The maximum atomic E-state index is 11.7. The summed E-state index contributed by atoms with van der Waals surface area (Å²) in [4.78, 5) is 17.5. The van der Waals surface area contributed by atoms with Crippen molar-refractivity contribution in [2.24, 2.45) is 5.92 Å². The van der Waals surface area contributed by atoms with Gasteiger partial charge in [-0.05, 0) is 38.5 Å². The third-order valence-electron chi connectivity index (χ3n) is 3.96. The van der Waals surface area contributed by atoms with E-state index in [4.69, 9.17) is 0 Å². The zero-order valence-electron chi connectivity index (χ0n) is 12.8. The predicted molar refractivity (Wildman–Crippen MR) is 84.7 cm³/mol. The Morgan fingerprint density at radius 2 is 2.24 bits per heavy atom. The maximum Gasteiger partial charge on any atom is 0.314 e. The quantitative estimate of drug-likeness (QED) is 0.752. The summed E-state index contributed by atoms with van der Waals surface area (Å²) in [6.45, 7) is 5.46. The van der Waals surface area contributed by atoms with E-state index < -0.39 is 0 Å². The standard InChI is InChI=1S/C15H25N3O2S/c1-3-13-10(2)21-14(18-13)6-7-16-15(20)17-9-11-4-5-12(19)8-11/h11-12,19H,3-9H2,1-2H3,(H2,16,17,20)/t11-,12-/m0/s1. The van der Waals surface area contributed by atoms with Crippen LogP contribution < -0.4 is 10.6 Å². The molecule has 1 saturated carbocycles. The van der Waals surface area contributed by atoms with E-state index in [1.54, 1.807) is 11.3 Å². The highest BCUT2D eigenvalue weighted by Crippen LogP contribution is 2.24. The fraction of sp³-hybridized carbons (Fsp3) is 0.733. The second-order valence-corrected chi connectivity index (χ2v) is 6.97. The van der Waals surface area contributed by atoms with Crippen LogP contribution in [0.25, 0.3) is 0 Å². The number of aromatic nitrogens is 1. The van der Waals surface area contributed by atoms with Gasteiger partial charge < -0.3 is 15.7 Å². The van der Waals surface area contributed by atoms with Gasteiger partial charge in [-0.3, -0.25) is 0 Å². The van der Waals surface area contributed by atoms with Crippen molar-refractivity contribution in [3.63, 3.8) is 0 Å². The molecule has 6 heteroatoms. The summed E-state index contributed by atoms with van der Waals surface area (Å²) in [7, 11) is 0. The Balaban J connectivity index is 1.62. The first kappa shape index (κ1) is 16.2. The lowest BCUT2D eigenvalue weighted by Gasteiger charge is -2.11. The van der Waals surface area contributed by atoms with E-state index in [1.807, 2.05) is 0 Å². The number of aryl methyl sites for hydroxylation is 2. The number of carbonyl (C=O) groups is 1. The number of urea groups is 1. The molecule has 0 aromatic carbocycles. The van der Waals surface area contributed by atoms with Gasteiger partial charge >= 0.3 is 6.03 Å². The molecule has 2 rings (SSSR count). The van der Waals surface area contributed by atoms with Gasteiger partial charge in [0.25, 0.3) is 0 Å². The van der Waals surface area contributed by atoms with Crippen LogP contribution in [0.15, 0.2) is 0 Å². The van der Waals surface area contributed by atoms with Crippen molar-refractivity contribution in [3.05, 3.63) is 15.6 Å². The summed E-state index contributed by atoms with van der Waals surface area (Å²) in [6, 6.07) is -0.125. The van der Waals surface area contributed by atoms with Gasteiger partial charge in [0.05, 0.1) is 16.8 Å². The molecule has 5 nitrogen and oxygen atoms in total. The van der Waals surface area contributed by atoms with Crippen LogP contribution in [0.2, 0.25) is 0 Å². The molecule has 1 heterocycles. The van der Waals surface area contributed by atoms with Crippen molar-refractivity contribution in [2.75, 3.05) is 13.1 Å². The number of thiazole rings is 1. The van der Waals surface area contributed by atoms with Crippen LogP contribution in [0.5, 0.6) is 0 Å². The van der Waals surface area contributed by atoms with Crippen molar-refractivity contribution in [1.29, 1.82) is 0 Å². The van der Waals surface area contributed by atoms with E-state index in [0.29, 0.717) is 19.0 Å². The summed E-state index contributed by atoms with van der Waals surface area (Å²) in [5.41, 5.74) is 1.17. The van der Waals surface area contributed by atoms with E-state index in [-0.39, 0.29) is 12.1 Å². The average Bonchev–Trinajstić information content (AvgIpc) is 3.02. The lowest BCUT2D eigenvalue weighted by molar-refractivity contribution is 0.177. The summed E-state index contributed by atoms with van der Waals surface area (Å²) in [6.07, 6.45) is 4.22. The molecule has 3 N–H and O–H groups in total. The largest absolute Gasteiger partial charge is 0.393 e. The molecule has 0 saturated heterocycles. The third kappa shape index (κ3) is 4.97. The zero-order chi connectivity index (χ0) is 15.2. The second kappa shape index (κ2) is 7.75. The van der Waals surface area contributed by atoms with Gasteiger partial charge in [0.1, 0.15) is 0 Å². The van der Waals surface area contributed by atoms with Crippen molar-refractivity contribution in [1.82, 2.24) is 15.6 Å². The molecule has 2 atom stereocenters. The third-order valence-corrected chi connectivity index (χ3v) is 5.03. The summed E-state index contributed by atoms with van der Waals surface area (Å²) < 4.78 is 0. The van der Waals surface area contributed by atoms with Crippen LogP contribution >= 0.6 is 11.3 Å². The van der Waals surface area contributed by atoms with E-state index >= 15 is 0 Å². The van der Waals surface area contributed by atoms with Gasteiger partial charge in [-0.2, -0.15) is 0 Å². The Kier molecular flexibility index (Phi) is 5.99. The van der Waals surface area contributed by atoms with Gasteiger partial charge in [-0.1, -0.05) is 6.92 Å². The number of aliphatic hydroxyl groups is 1. The normalized spacial score (nSPS) is 21.5. The number of nitrogens with one attached hydrogen (secondary N) is 2. The molecule has 0 bridgehead atoms. The predicted octanol–water partition coefficient (Wildman–Crippen LogP) is 2.02. The maximum absolute atomic E-state index is 11.7. The number of amides is 2. The van der Waals surface area contributed by atoms with Crippen molar-refractivity contribution in [3.8, 4) is 0 Å². The summed E-state index contributed by atoms with van der Waals surface area (Å²) in [5.74, 6) is 0.416. The Hall–Kier alpha value is -1.14. The monoisotopic (exact) mass is 311 g/mol. The van der Waals surface area contributed by atoms with Crippen LogP contribution in [0.3, 0.4) is 0 Å². The number of hydrogen-bond acceptors (Lipinski definition) is 4. The van der Waals surface area contributed by atoms with E-state index in [9.17, 15) is 9.90 Å². The molecular weight excluding hydrogens is 286 g/mol. The molecule has 1 aromatic rings. The van der Waals surface area contributed by atoms with E-state index in [1.165, 1.54) is 10.6 Å². The van der Waals surface area contributed by atoms with E-state index in [0.717, 1.165) is 37.1 Å². The number of carbonyl (C=O) groups excluding carboxylic acids is 1. The number of rotatable bonds is 6. The average molecular weight is 311 g/mol. The molecule has 118 valence electrons. The molecule has 0 unspecified atom stereocenters. The van der Waals surface area contributed by atoms with Gasteiger partial charge in [-0.15, -0.1) is 11.3 Å². The Morgan fingerprint density at radius 1 is 1.43 bits per heavy atom. The molecule has 1 aliphatic rings. The Bertz CT molecular complexity index is 475. The fourth-order valence-corrected chi connectivity index (χ4v) is 3.76. The Labute approximate surface area is 130 Å². The minimum atomic E-state index is -0.180. The van der Waals surface area contributed by atoms with Crippen molar-refractivity contribution in [2.45, 2.75) is 52.1 Å². The summed E-state index contributed by atoms with van der Waals surface area (Å²) >= 11 is 1.71. The van der Waals surface area contributed by atoms with Gasteiger partial charge in [0.15, 0.2) is 0 Å². The van der Waals surface area contributed by atoms with Crippen LogP contribution in [0, 0.1) is 12.8 Å². The van der Waals surface area contributed by atoms with Gasteiger partial charge in [0, 0.05) is 24.4 Å². The lowest BCUT2D eigenvalue weighted by atomic mass is 10.1. The first-order valence-electron chi connectivity index (χ1n) is 7.73.